The lowest BCUT2D eigenvalue weighted by atomic mass is 10.0. The molecule has 0 saturated heterocycles. The van der Waals surface area contributed by atoms with Gasteiger partial charge >= 0.3 is 0 Å². The predicted molar refractivity (Wildman–Crippen MR) is 123 cm³/mol. The van der Waals surface area contributed by atoms with E-state index in [1.807, 2.05) is 44.2 Å². The number of anilines is 2. The summed E-state index contributed by atoms with van der Waals surface area (Å²) in [5.74, 6) is -0.343. The monoisotopic (exact) mass is 432 g/mol. The SMILES string of the molecule is COc1ccccc1C1=C(Nc2cccc(Cl)c2C)C(=O)N(c2cccc(C)c2)C1=O. The number of hydrogen-bond acceptors (Lipinski definition) is 4. The Balaban J connectivity index is 1.90. The first-order valence-corrected chi connectivity index (χ1v) is 10.2. The fraction of sp³-hybridized carbons (Fsp3) is 0.120. The van der Waals surface area contributed by atoms with Crippen LogP contribution in [0.1, 0.15) is 16.7 Å². The topological polar surface area (TPSA) is 58.6 Å². The number of carbonyl (C=O) groups excluding carboxylic acids is 2. The van der Waals surface area contributed by atoms with Crippen molar-refractivity contribution in [3.8, 4) is 5.75 Å². The van der Waals surface area contributed by atoms with Crippen LogP contribution in [0.4, 0.5) is 11.4 Å². The maximum Gasteiger partial charge on any atom is 0.282 e. The van der Waals surface area contributed by atoms with E-state index in [2.05, 4.69) is 5.32 Å². The first-order chi connectivity index (χ1) is 14.9. The summed E-state index contributed by atoms with van der Waals surface area (Å²) in [5, 5.41) is 3.74. The van der Waals surface area contributed by atoms with Crippen molar-refractivity contribution in [1.82, 2.24) is 0 Å². The predicted octanol–water partition coefficient (Wildman–Crippen LogP) is 5.36. The van der Waals surface area contributed by atoms with E-state index in [-0.39, 0.29) is 11.3 Å². The van der Waals surface area contributed by atoms with Crippen molar-refractivity contribution in [3.63, 3.8) is 0 Å². The average Bonchev–Trinajstić information content (AvgIpc) is 3.00. The molecule has 1 aliphatic heterocycles. The minimum absolute atomic E-state index is 0.182. The van der Waals surface area contributed by atoms with Crippen LogP contribution in [-0.2, 0) is 9.59 Å². The number of hydrogen-bond donors (Lipinski definition) is 1. The van der Waals surface area contributed by atoms with E-state index in [1.54, 1.807) is 36.4 Å². The van der Waals surface area contributed by atoms with E-state index in [0.29, 0.717) is 27.7 Å². The summed E-state index contributed by atoms with van der Waals surface area (Å²) in [7, 11) is 1.53. The summed E-state index contributed by atoms with van der Waals surface area (Å²) in [6, 6.07) is 19.8. The normalized spacial score (nSPS) is 13.7. The van der Waals surface area contributed by atoms with Crippen molar-refractivity contribution in [2.45, 2.75) is 13.8 Å². The molecule has 31 heavy (non-hydrogen) atoms. The van der Waals surface area contributed by atoms with Crippen molar-refractivity contribution in [3.05, 3.63) is 94.1 Å². The number of ether oxygens (including phenoxy) is 1. The molecule has 6 heteroatoms. The van der Waals surface area contributed by atoms with Gasteiger partial charge in [0.15, 0.2) is 0 Å². The molecule has 5 nitrogen and oxygen atoms in total. The summed E-state index contributed by atoms with van der Waals surface area (Å²) >= 11 is 6.27. The van der Waals surface area contributed by atoms with E-state index >= 15 is 0 Å². The van der Waals surface area contributed by atoms with Gasteiger partial charge in [0.25, 0.3) is 11.8 Å². The van der Waals surface area contributed by atoms with Gasteiger partial charge in [-0.25, -0.2) is 4.90 Å². The van der Waals surface area contributed by atoms with Crippen LogP contribution < -0.4 is 15.0 Å². The third-order valence-corrected chi connectivity index (χ3v) is 5.66. The first-order valence-electron chi connectivity index (χ1n) is 9.77. The van der Waals surface area contributed by atoms with Gasteiger partial charge in [0.2, 0.25) is 0 Å². The van der Waals surface area contributed by atoms with Crippen molar-refractivity contribution >= 4 is 40.4 Å². The van der Waals surface area contributed by atoms with Crippen LogP contribution in [-0.4, -0.2) is 18.9 Å². The molecule has 4 rings (SSSR count). The second kappa shape index (κ2) is 8.28. The maximum absolute atomic E-state index is 13.6. The van der Waals surface area contributed by atoms with E-state index in [4.69, 9.17) is 16.3 Å². The quantitative estimate of drug-likeness (QED) is 0.551. The molecule has 0 saturated carbocycles. The molecule has 1 N–H and O–H groups in total. The number of rotatable bonds is 5. The smallest absolute Gasteiger partial charge is 0.282 e. The molecule has 0 unspecified atom stereocenters. The Hall–Kier alpha value is -3.57. The average molecular weight is 433 g/mol. The molecule has 0 aliphatic carbocycles. The highest BCUT2D eigenvalue weighted by Gasteiger charge is 2.41. The van der Waals surface area contributed by atoms with Gasteiger partial charge < -0.3 is 10.1 Å². The van der Waals surface area contributed by atoms with E-state index in [1.165, 1.54) is 12.0 Å². The molecule has 2 amide bonds. The van der Waals surface area contributed by atoms with Crippen LogP contribution in [0.5, 0.6) is 5.75 Å². The minimum Gasteiger partial charge on any atom is -0.496 e. The van der Waals surface area contributed by atoms with Crippen LogP contribution in [0.15, 0.2) is 72.4 Å². The maximum atomic E-state index is 13.6. The first kappa shape index (κ1) is 20.7. The largest absolute Gasteiger partial charge is 0.496 e. The summed E-state index contributed by atoms with van der Waals surface area (Å²) < 4.78 is 5.48. The lowest BCUT2D eigenvalue weighted by molar-refractivity contribution is -0.120. The zero-order valence-corrected chi connectivity index (χ0v) is 18.2. The fourth-order valence-corrected chi connectivity index (χ4v) is 3.80. The number of amides is 2. The van der Waals surface area contributed by atoms with Gasteiger partial charge in [-0.1, -0.05) is 48.0 Å². The van der Waals surface area contributed by atoms with Crippen molar-refractivity contribution in [1.29, 1.82) is 0 Å². The highest BCUT2D eigenvalue weighted by Crippen LogP contribution is 2.38. The summed E-state index contributed by atoms with van der Waals surface area (Å²) in [6.45, 7) is 3.77. The van der Waals surface area contributed by atoms with Crippen molar-refractivity contribution < 1.29 is 14.3 Å². The lowest BCUT2D eigenvalue weighted by Crippen LogP contribution is -2.32. The number of carbonyl (C=O) groups is 2. The Kier molecular flexibility index (Phi) is 5.53. The number of methoxy groups -OCH3 is 1. The van der Waals surface area contributed by atoms with Gasteiger partial charge in [0, 0.05) is 16.3 Å². The number of nitrogens with one attached hydrogen (secondary N) is 1. The molecule has 3 aromatic rings. The van der Waals surface area contributed by atoms with E-state index < -0.39 is 11.8 Å². The van der Waals surface area contributed by atoms with Crippen LogP contribution in [0, 0.1) is 13.8 Å². The standard InChI is InChI=1S/C25H21ClN2O3/c1-15-8-6-9-17(14-15)28-24(29)22(18-10-4-5-13-21(18)31-3)23(25(28)30)27-20-12-7-11-19(26)16(20)2/h4-14,27H,1-3H3. The van der Waals surface area contributed by atoms with Gasteiger partial charge in [-0.05, 0) is 55.3 Å². The molecule has 0 aromatic heterocycles. The van der Waals surface area contributed by atoms with Gasteiger partial charge in [-0.2, -0.15) is 0 Å². The van der Waals surface area contributed by atoms with Gasteiger partial charge in [-0.15, -0.1) is 0 Å². The second-order valence-corrected chi connectivity index (χ2v) is 7.68. The number of halogens is 1. The van der Waals surface area contributed by atoms with Crippen LogP contribution in [0.2, 0.25) is 5.02 Å². The van der Waals surface area contributed by atoms with Crippen LogP contribution in [0.3, 0.4) is 0 Å². The Labute approximate surface area is 185 Å². The fourth-order valence-electron chi connectivity index (χ4n) is 3.63. The zero-order chi connectivity index (χ0) is 22.1. The van der Waals surface area contributed by atoms with Gasteiger partial charge in [-0.3, -0.25) is 9.59 Å². The van der Waals surface area contributed by atoms with Gasteiger partial charge in [0.05, 0.1) is 18.4 Å². The Morgan fingerprint density at radius 2 is 1.65 bits per heavy atom. The molecule has 1 aliphatic rings. The minimum atomic E-state index is -0.434. The molecule has 0 bridgehead atoms. The van der Waals surface area contributed by atoms with Crippen molar-refractivity contribution in [2.24, 2.45) is 0 Å². The lowest BCUT2D eigenvalue weighted by Gasteiger charge is -2.16. The molecule has 0 fully saturated rings. The van der Waals surface area contributed by atoms with E-state index in [9.17, 15) is 9.59 Å². The zero-order valence-electron chi connectivity index (χ0n) is 17.4. The van der Waals surface area contributed by atoms with Gasteiger partial charge in [0.1, 0.15) is 11.4 Å². The molecule has 156 valence electrons. The van der Waals surface area contributed by atoms with Crippen LogP contribution in [0.25, 0.3) is 5.57 Å². The molecule has 3 aromatic carbocycles. The number of aryl methyl sites for hydroxylation is 1. The Morgan fingerprint density at radius 3 is 2.39 bits per heavy atom. The van der Waals surface area contributed by atoms with Crippen LogP contribution >= 0.6 is 11.6 Å². The van der Waals surface area contributed by atoms with E-state index in [0.717, 1.165) is 11.1 Å². The summed E-state index contributed by atoms with van der Waals surface area (Å²) in [5.41, 5.74) is 3.88. The molecule has 1 heterocycles. The summed E-state index contributed by atoms with van der Waals surface area (Å²) in [6.07, 6.45) is 0. The highest BCUT2D eigenvalue weighted by molar-refractivity contribution is 6.46. The number of nitrogens with zero attached hydrogens (tertiary/aromatic N) is 1. The third-order valence-electron chi connectivity index (χ3n) is 5.25. The Bertz CT molecular complexity index is 1230. The molecule has 0 radical (unpaired) electrons. The van der Waals surface area contributed by atoms with Crippen molar-refractivity contribution in [2.75, 3.05) is 17.3 Å². The highest BCUT2D eigenvalue weighted by atomic mass is 35.5. The summed E-state index contributed by atoms with van der Waals surface area (Å²) in [4.78, 5) is 28.3. The number of benzene rings is 3. The Morgan fingerprint density at radius 1 is 0.903 bits per heavy atom. The second-order valence-electron chi connectivity index (χ2n) is 7.27. The molecule has 0 atom stereocenters. The third kappa shape index (κ3) is 3.68. The molecule has 0 spiro atoms. The number of para-hydroxylation sites is 1. The number of imide groups is 1. The molecular formula is C25H21ClN2O3. The molecular weight excluding hydrogens is 412 g/mol.